The maximum Gasteiger partial charge on any atom is 0.291 e. The molecule has 2 amide bonds. The summed E-state index contributed by atoms with van der Waals surface area (Å²) in [6.45, 7) is 3.98. The van der Waals surface area contributed by atoms with Crippen LogP contribution in [-0.2, 0) is 0 Å². The number of carbonyl (C=O) groups excluding carboxylic acids is 2. The molecule has 5 nitrogen and oxygen atoms in total. The molecule has 1 N–H and O–H groups in total. The molecule has 1 aromatic carbocycles. The number of carbonyl (C=O) groups is 2. The average Bonchev–Trinajstić information content (AvgIpc) is 3.28. The summed E-state index contributed by atoms with van der Waals surface area (Å²) in [5.74, 6) is 0.503. The van der Waals surface area contributed by atoms with Crippen molar-refractivity contribution in [3.63, 3.8) is 0 Å². The normalized spacial score (nSPS) is 15.0. The smallest absolute Gasteiger partial charge is 0.291 e. The summed E-state index contributed by atoms with van der Waals surface area (Å²) < 4.78 is 5.10. The molecule has 0 radical (unpaired) electrons. The molecule has 1 fully saturated rings. The Bertz CT molecular complexity index is 748. The molecule has 2 aromatic rings. The van der Waals surface area contributed by atoms with Crippen LogP contribution >= 0.6 is 0 Å². The topological polar surface area (TPSA) is 62.6 Å². The monoisotopic (exact) mass is 326 g/mol. The van der Waals surface area contributed by atoms with Crippen molar-refractivity contribution in [2.24, 2.45) is 5.92 Å². The van der Waals surface area contributed by atoms with E-state index in [9.17, 15) is 9.59 Å². The third-order valence-electron chi connectivity index (χ3n) is 4.71. The molecule has 24 heavy (non-hydrogen) atoms. The summed E-state index contributed by atoms with van der Waals surface area (Å²) in [6, 6.07) is 8.88. The molecule has 1 aliphatic carbocycles. The van der Waals surface area contributed by atoms with Crippen molar-refractivity contribution in [3.8, 4) is 0 Å². The van der Waals surface area contributed by atoms with E-state index < -0.39 is 0 Å². The molecule has 0 saturated heterocycles. The Balaban J connectivity index is 1.78. The third-order valence-corrected chi connectivity index (χ3v) is 4.71. The minimum atomic E-state index is -0.326. The molecule has 1 atom stereocenters. The third kappa shape index (κ3) is 3.35. The Morgan fingerprint density at radius 3 is 2.67 bits per heavy atom. The van der Waals surface area contributed by atoms with Crippen molar-refractivity contribution in [1.82, 2.24) is 4.90 Å². The zero-order chi connectivity index (χ0) is 17.3. The van der Waals surface area contributed by atoms with Gasteiger partial charge in [0, 0.05) is 24.3 Å². The molecule has 3 rings (SSSR count). The highest BCUT2D eigenvalue weighted by Crippen LogP contribution is 2.35. The van der Waals surface area contributed by atoms with Gasteiger partial charge in [-0.15, -0.1) is 0 Å². The zero-order valence-electron chi connectivity index (χ0n) is 14.2. The Morgan fingerprint density at radius 2 is 2.04 bits per heavy atom. The van der Waals surface area contributed by atoms with Gasteiger partial charge in [0.2, 0.25) is 0 Å². The molecular weight excluding hydrogens is 304 g/mol. The molecule has 0 spiro atoms. The summed E-state index contributed by atoms with van der Waals surface area (Å²) >= 11 is 0. The second-order valence-corrected chi connectivity index (χ2v) is 6.46. The first kappa shape index (κ1) is 16.3. The van der Waals surface area contributed by atoms with E-state index in [2.05, 4.69) is 12.2 Å². The molecular formula is C19H22N2O3. The molecule has 126 valence electrons. The molecule has 1 aliphatic rings. The van der Waals surface area contributed by atoms with Gasteiger partial charge in [-0.2, -0.15) is 0 Å². The van der Waals surface area contributed by atoms with Gasteiger partial charge in [0.05, 0.1) is 6.26 Å². The number of benzene rings is 1. The van der Waals surface area contributed by atoms with Gasteiger partial charge in [0.25, 0.3) is 11.8 Å². The maximum absolute atomic E-state index is 12.7. The largest absolute Gasteiger partial charge is 0.459 e. The number of nitrogens with one attached hydrogen (secondary N) is 1. The van der Waals surface area contributed by atoms with E-state index in [4.69, 9.17) is 4.42 Å². The predicted molar refractivity (Wildman–Crippen MR) is 92.1 cm³/mol. The van der Waals surface area contributed by atoms with E-state index in [-0.39, 0.29) is 23.6 Å². The van der Waals surface area contributed by atoms with Crippen molar-refractivity contribution in [2.75, 3.05) is 12.4 Å². The van der Waals surface area contributed by atoms with Crippen molar-refractivity contribution in [1.29, 1.82) is 0 Å². The van der Waals surface area contributed by atoms with Crippen LogP contribution in [-0.4, -0.2) is 29.8 Å². The fraction of sp³-hybridized carbons (Fsp3) is 0.368. The summed E-state index contributed by atoms with van der Waals surface area (Å²) in [6.07, 6.45) is 3.84. The summed E-state index contributed by atoms with van der Waals surface area (Å²) in [7, 11) is 1.84. The van der Waals surface area contributed by atoms with Gasteiger partial charge in [0.1, 0.15) is 0 Å². The number of anilines is 1. The van der Waals surface area contributed by atoms with Crippen molar-refractivity contribution in [2.45, 2.75) is 32.7 Å². The van der Waals surface area contributed by atoms with Crippen molar-refractivity contribution < 1.29 is 14.0 Å². The highest BCUT2D eigenvalue weighted by molar-refractivity contribution is 6.03. The van der Waals surface area contributed by atoms with Gasteiger partial charge in [-0.05, 0) is 62.4 Å². The molecule has 1 unspecified atom stereocenters. The van der Waals surface area contributed by atoms with Crippen LogP contribution in [0.4, 0.5) is 5.69 Å². The summed E-state index contributed by atoms with van der Waals surface area (Å²) in [5, 5.41) is 2.81. The van der Waals surface area contributed by atoms with Gasteiger partial charge in [0.15, 0.2) is 5.76 Å². The number of hydrogen-bond donors (Lipinski definition) is 1. The highest BCUT2D eigenvalue weighted by Gasteiger charge is 2.32. The van der Waals surface area contributed by atoms with Crippen molar-refractivity contribution in [3.05, 3.63) is 53.5 Å². The van der Waals surface area contributed by atoms with Crippen LogP contribution in [0.15, 0.2) is 41.0 Å². The first-order valence-corrected chi connectivity index (χ1v) is 8.20. The summed E-state index contributed by atoms with van der Waals surface area (Å²) in [5.41, 5.74) is 2.09. The Morgan fingerprint density at radius 1 is 1.29 bits per heavy atom. The van der Waals surface area contributed by atoms with Crippen LogP contribution in [0.2, 0.25) is 0 Å². The zero-order valence-corrected chi connectivity index (χ0v) is 14.2. The summed E-state index contributed by atoms with van der Waals surface area (Å²) in [4.78, 5) is 26.6. The number of aryl methyl sites for hydroxylation is 1. The fourth-order valence-corrected chi connectivity index (χ4v) is 2.76. The van der Waals surface area contributed by atoms with E-state index in [1.54, 1.807) is 29.2 Å². The first-order chi connectivity index (χ1) is 11.5. The van der Waals surface area contributed by atoms with E-state index in [1.807, 2.05) is 20.0 Å². The lowest BCUT2D eigenvalue weighted by molar-refractivity contribution is 0.0727. The Labute approximate surface area is 141 Å². The van der Waals surface area contributed by atoms with Gasteiger partial charge >= 0.3 is 0 Å². The quantitative estimate of drug-likeness (QED) is 0.911. The van der Waals surface area contributed by atoms with Crippen LogP contribution in [0, 0.1) is 12.8 Å². The molecule has 1 heterocycles. The second kappa shape index (κ2) is 6.51. The molecule has 0 aliphatic heterocycles. The van der Waals surface area contributed by atoms with Crippen LogP contribution in [0.3, 0.4) is 0 Å². The fourth-order valence-electron chi connectivity index (χ4n) is 2.76. The van der Waals surface area contributed by atoms with Gasteiger partial charge in [-0.25, -0.2) is 0 Å². The number of nitrogens with zero attached hydrogens (tertiary/aromatic N) is 1. The molecule has 1 saturated carbocycles. The van der Waals surface area contributed by atoms with Crippen molar-refractivity contribution >= 4 is 17.5 Å². The number of rotatable bonds is 5. The minimum absolute atomic E-state index is 0.0251. The number of amides is 2. The standard InChI is InChI=1S/C19H22N2O3/c1-12-6-7-15(19(23)21(3)13(2)14-8-9-14)11-16(12)20-18(22)17-5-4-10-24-17/h4-7,10-11,13-14H,8-9H2,1-3H3,(H,20,22). The molecule has 1 aromatic heterocycles. The second-order valence-electron chi connectivity index (χ2n) is 6.46. The highest BCUT2D eigenvalue weighted by atomic mass is 16.3. The van der Waals surface area contributed by atoms with Gasteiger partial charge < -0.3 is 14.6 Å². The molecule has 0 bridgehead atoms. The van der Waals surface area contributed by atoms with Gasteiger partial charge in [-0.3, -0.25) is 9.59 Å². The number of furan rings is 1. The SMILES string of the molecule is Cc1ccc(C(=O)N(C)C(C)C2CC2)cc1NC(=O)c1ccco1. The predicted octanol–water partition coefficient (Wildman–Crippen LogP) is 3.71. The van der Waals surface area contributed by atoms with Crippen LogP contribution in [0.25, 0.3) is 0 Å². The van der Waals surface area contributed by atoms with Crippen LogP contribution < -0.4 is 5.32 Å². The lowest BCUT2D eigenvalue weighted by Gasteiger charge is -2.25. The van der Waals surface area contributed by atoms with E-state index in [1.165, 1.54) is 19.1 Å². The van der Waals surface area contributed by atoms with Crippen LogP contribution in [0.5, 0.6) is 0 Å². The first-order valence-electron chi connectivity index (χ1n) is 8.20. The van der Waals surface area contributed by atoms with E-state index in [0.29, 0.717) is 17.2 Å². The lowest BCUT2D eigenvalue weighted by atomic mass is 10.1. The van der Waals surface area contributed by atoms with Gasteiger partial charge in [-0.1, -0.05) is 6.07 Å². The molecule has 5 heteroatoms. The Hall–Kier alpha value is -2.56. The minimum Gasteiger partial charge on any atom is -0.459 e. The van der Waals surface area contributed by atoms with E-state index in [0.717, 1.165) is 5.56 Å². The maximum atomic E-state index is 12.7. The lowest BCUT2D eigenvalue weighted by Crippen LogP contribution is -2.36. The van der Waals surface area contributed by atoms with Crippen LogP contribution in [0.1, 0.15) is 46.2 Å². The average molecular weight is 326 g/mol. The number of hydrogen-bond acceptors (Lipinski definition) is 3. The van der Waals surface area contributed by atoms with E-state index >= 15 is 0 Å². The Kier molecular flexibility index (Phi) is 4.42.